The zero-order chi connectivity index (χ0) is 17.6. The molecule has 134 valence electrons. The number of aliphatic imine (C=N–C) groups is 1. The Bertz CT molecular complexity index is 745. The average molecular weight is 344 g/mol. The van der Waals surface area contributed by atoms with Gasteiger partial charge in [-0.2, -0.15) is 0 Å². The third kappa shape index (κ3) is 2.97. The number of rotatable bonds is 1. The smallest absolute Gasteiger partial charge is 0.410 e. The molecule has 0 radical (unpaired) electrons. The second kappa shape index (κ2) is 5.80. The lowest BCUT2D eigenvalue weighted by Crippen LogP contribution is -2.45. The van der Waals surface area contributed by atoms with Crippen molar-refractivity contribution in [3.63, 3.8) is 0 Å². The van der Waals surface area contributed by atoms with Crippen LogP contribution in [0.2, 0.25) is 0 Å². The number of aromatic amines is 1. The highest BCUT2D eigenvalue weighted by molar-refractivity contribution is 5.88. The molecule has 1 amide bonds. The average Bonchev–Trinajstić information content (AvgIpc) is 3.19. The van der Waals surface area contributed by atoms with Gasteiger partial charge in [0.2, 0.25) is 0 Å². The van der Waals surface area contributed by atoms with Crippen LogP contribution in [0.4, 0.5) is 10.6 Å². The van der Waals surface area contributed by atoms with E-state index in [1.54, 1.807) is 6.34 Å². The van der Waals surface area contributed by atoms with Gasteiger partial charge in [-0.25, -0.2) is 14.8 Å². The third-order valence-corrected chi connectivity index (χ3v) is 4.57. The first-order valence-electron chi connectivity index (χ1n) is 8.67. The van der Waals surface area contributed by atoms with Crippen molar-refractivity contribution in [2.24, 2.45) is 10.9 Å². The van der Waals surface area contributed by atoms with Gasteiger partial charge < -0.3 is 20.0 Å². The van der Waals surface area contributed by atoms with Gasteiger partial charge >= 0.3 is 6.09 Å². The molecule has 3 aliphatic heterocycles. The molecule has 1 saturated heterocycles. The highest BCUT2D eigenvalue weighted by Gasteiger charge is 2.36. The van der Waals surface area contributed by atoms with Gasteiger partial charge in [-0.05, 0) is 39.7 Å². The highest BCUT2D eigenvalue weighted by atomic mass is 16.6. The predicted molar refractivity (Wildman–Crippen MR) is 94.5 cm³/mol. The summed E-state index contributed by atoms with van der Waals surface area (Å²) in [7, 11) is 0. The monoisotopic (exact) mass is 344 g/mol. The van der Waals surface area contributed by atoms with Gasteiger partial charge in [-0.1, -0.05) is 0 Å². The molecule has 0 spiro atoms. The Kier molecular flexibility index (Phi) is 3.72. The number of H-pyrrole nitrogens is 1. The van der Waals surface area contributed by atoms with Crippen LogP contribution in [0, 0.1) is 5.92 Å². The van der Waals surface area contributed by atoms with Crippen LogP contribution in [0.3, 0.4) is 0 Å². The number of fused-ring (bicyclic) bond motifs is 3. The Morgan fingerprint density at radius 1 is 1.40 bits per heavy atom. The molecule has 1 aromatic heterocycles. The summed E-state index contributed by atoms with van der Waals surface area (Å²) in [6, 6.07) is 2.03. The second-order valence-corrected chi connectivity index (χ2v) is 7.62. The van der Waals surface area contributed by atoms with E-state index < -0.39 is 5.60 Å². The molecule has 8 heteroatoms. The number of carbonyl (C=O) groups excluding carboxylic acids is 1. The van der Waals surface area contributed by atoms with Crippen molar-refractivity contribution in [3.8, 4) is 0 Å². The number of ether oxygens (including phenoxy) is 1. The Morgan fingerprint density at radius 2 is 2.24 bits per heavy atom. The molecule has 4 heterocycles. The van der Waals surface area contributed by atoms with Crippen molar-refractivity contribution in [1.82, 2.24) is 25.9 Å². The molecule has 0 aliphatic carbocycles. The van der Waals surface area contributed by atoms with E-state index in [-0.39, 0.29) is 12.0 Å². The van der Waals surface area contributed by atoms with Crippen LogP contribution < -0.4 is 11.0 Å². The number of nitrogens with zero attached hydrogens (tertiary/aromatic N) is 3. The minimum absolute atomic E-state index is 0.225. The maximum Gasteiger partial charge on any atom is 0.410 e. The quantitative estimate of drug-likeness (QED) is 0.728. The van der Waals surface area contributed by atoms with E-state index in [1.807, 2.05) is 42.9 Å². The van der Waals surface area contributed by atoms with Gasteiger partial charge in [-0.15, -0.1) is 5.53 Å². The zero-order valence-corrected chi connectivity index (χ0v) is 14.8. The number of piperidine rings is 1. The summed E-state index contributed by atoms with van der Waals surface area (Å²) in [5, 5.41) is 1.89. The molecule has 1 aromatic rings. The lowest BCUT2D eigenvalue weighted by atomic mass is 9.92. The fourth-order valence-corrected chi connectivity index (χ4v) is 3.50. The molecule has 3 aliphatic rings. The summed E-state index contributed by atoms with van der Waals surface area (Å²) in [4.78, 5) is 21.8. The van der Waals surface area contributed by atoms with Crippen LogP contribution in [-0.4, -0.2) is 46.0 Å². The molecule has 0 aromatic carbocycles. The fraction of sp³-hybridized carbons (Fsp3) is 0.529. The van der Waals surface area contributed by atoms with E-state index >= 15 is 0 Å². The van der Waals surface area contributed by atoms with Gasteiger partial charge in [0.05, 0.1) is 11.4 Å². The summed E-state index contributed by atoms with van der Waals surface area (Å²) in [6.07, 6.45) is 5.39. The molecule has 1 unspecified atom stereocenters. The topological polar surface area (TPSA) is 85.0 Å². The molecular formula is C17H24N6O2. The number of likely N-dealkylation sites (tertiary alicyclic amines) is 1. The van der Waals surface area contributed by atoms with Crippen molar-refractivity contribution < 1.29 is 9.53 Å². The molecule has 8 nitrogen and oxygen atoms in total. The maximum absolute atomic E-state index is 12.4. The number of hydrogen-bond acceptors (Lipinski definition) is 6. The highest BCUT2D eigenvalue weighted by Crippen LogP contribution is 2.37. The Balaban J connectivity index is 1.57. The van der Waals surface area contributed by atoms with Crippen LogP contribution in [0.15, 0.2) is 23.0 Å². The van der Waals surface area contributed by atoms with Crippen LogP contribution >= 0.6 is 0 Å². The number of hydrogen-bond donors (Lipinski definition) is 3. The molecule has 0 bridgehead atoms. The van der Waals surface area contributed by atoms with E-state index in [9.17, 15) is 4.79 Å². The largest absolute Gasteiger partial charge is 0.444 e. The molecule has 1 atom stereocenters. The summed E-state index contributed by atoms with van der Waals surface area (Å²) in [6.45, 7) is 7.07. The minimum atomic E-state index is -0.476. The predicted octanol–water partition coefficient (Wildman–Crippen LogP) is 2.33. The van der Waals surface area contributed by atoms with Gasteiger partial charge in [-0.3, -0.25) is 0 Å². The molecular weight excluding hydrogens is 320 g/mol. The van der Waals surface area contributed by atoms with E-state index in [1.165, 1.54) is 0 Å². The van der Waals surface area contributed by atoms with Crippen molar-refractivity contribution in [2.75, 3.05) is 13.1 Å². The SMILES string of the molecule is CC(C)(C)OC(=O)N1CCCC(C2=C3c4cc[nH]c4N=CN3NN2)C1. The maximum atomic E-state index is 12.4. The molecule has 4 rings (SSSR count). The van der Waals surface area contributed by atoms with Crippen molar-refractivity contribution in [3.05, 3.63) is 23.5 Å². The molecule has 3 N–H and O–H groups in total. The molecule has 1 fully saturated rings. The lowest BCUT2D eigenvalue weighted by Gasteiger charge is -2.34. The van der Waals surface area contributed by atoms with Gasteiger partial charge in [0.15, 0.2) is 0 Å². The minimum Gasteiger partial charge on any atom is -0.444 e. The Hall–Kier alpha value is -2.48. The summed E-state index contributed by atoms with van der Waals surface area (Å²) in [5.74, 6) is 1.08. The number of carbonyl (C=O) groups is 1. The van der Waals surface area contributed by atoms with Crippen molar-refractivity contribution in [1.29, 1.82) is 0 Å². The van der Waals surface area contributed by atoms with E-state index in [2.05, 4.69) is 20.9 Å². The standard InChI is InChI=1S/C17H24N6O2/c1-17(2,3)25-16(24)22-8-4-5-11(9-22)13-14-12-6-7-18-15(12)19-10-23(14)21-20-13/h6-7,10-11,18,20-21H,4-5,8-9H2,1-3H3. The lowest BCUT2D eigenvalue weighted by molar-refractivity contribution is 0.0180. The van der Waals surface area contributed by atoms with E-state index in [0.29, 0.717) is 6.54 Å². The Labute approximate surface area is 146 Å². The van der Waals surface area contributed by atoms with E-state index in [0.717, 1.165) is 42.2 Å². The first kappa shape index (κ1) is 16.0. The van der Waals surface area contributed by atoms with E-state index in [4.69, 9.17) is 4.74 Å². The second-order valence-electron chi connectivity index (χ2n) is 7.62. The van der Waals surface area contributed by atoms with Gasteiger partial charge in [0.1, 0.15) is 17.8 Å². The van der Waals surface area contributed by atoms with Crippen molar-refractivity contribution in [2.45, 2.75) is 39.2 Å². The van der Waals surface area contributed by atoms with Crippen LogP contribution in [0.25, 0.3) is 5.70 Å². The number of aromatic nitrogens is 1. The summed E-state index contributed by atoms with van der Waals surface area (Å²) < 4.78 is 5.54. The van der Waals surface area contributed by atoms with Crippen LogP contribution in [-0.2, 0) is 4.74 Å². The van der Waals surface area contributed by atoms with Crippen LogP contribution in [0.5, 0.6) is 0 Å². The molecule has 25 heavy (non-hydrogen) atoms. The van der Waals surface area contributed by atoms with Gasteiger partial charge in [0.25, 0.3) is 0 Å². The fourth-order valence-electron chi connectivity index (χ4n) is 3.50. The number of hydrazine groups is 2. The first-order chi connectivity index (χ1) is 11.9. The Morgan fingerprint density at radius 3 is 3.04 bits per heavy atom. The summed E-state index contributed by atoms with van der Waals surface area (Å²) >= 11 is 0. The van der Waals surface area contributed by atoms with Gasteiger partial charge in [0, 0.05) is 30.8 Å². The molecule has 0 saturated carbocycles. The van der Waals surface area contributed by atoms with Crippen molar-refractivity contribution >= 4 is 23.9 Å². The zero-order valence-electron chi connectivity index (χ0n) is 14.8. The number of amides is 1. The van der Waals surface area contributed by atoms with Crippen LogP contribution in [0.1, 0.15) is 39.2 Å². The third-order valence-electron chi connectivity index (χ3n) is 4.57. The normalized spacial score (nSPS) is 22.6. The number of nitrogens with one attached hydrogen (secondary N) is 3. The first-order valence-corrected chi connectivity index (χ1v) is 8.67. The summed E-state index contributed by atoms with van der Waals surface area (Å²) in [5.41, 5.74) is 9.16.